The molecule has 18 heavy (non-hydrogen) atoms. The predicted octanol–water partition coefficient (Wildman–Crippen LogP) is 2.72. The van der Waals surface area contributed by atoms with Crippen molar-refractivity contribution < 1.29 is 4.79 Å². The highest BCUT2D eigenvalue weighted by Crippen LogP contribution is 2.14. The van der Waals surface area contributed by atoms with Crippen LogP contribution in [0.5, 0.6) is 0 Å². The van der Waals surface area contributed by atoms with Gasteiger partial charge in [0.25, 0.3) is 5.91 Å². The van der Waals surface area contributed by atoms with Crippen LogP contribution in [-0.4, -0.2) is 23.9 Å². The lowest BCUT2D eigenvalue weighted by molar-refractivity contribution is 0.0762. The smallest absolute Gasteiger partial charge is 0.253 e. The fraction of sp³-hybridized carbons (Fsp3) is 0.308. The van der Waals surface area contributed by atoms with Gasteiger partial charge in [0.05, 0.1) is 25.0 Å². The van der Waals surface area contributed by atoms with Crippen molar-refractivity contribution in [3.05, 3.63) is 34.3 Å². The summed E-state index contributed by atoms with van der Waals surface area (Å²) in [4.78, 5) is 13.7. The number of nitriles is 2. The summed E-state index contributed by atoms with van der Waals surface area (Å²) >= 11 is 3.31. The highest BCUT2D eigenvalue weighted by atomic mass is 79.9. The molecule has 92 valence electrons. The van der Waals surface area contributed by atoms with Gasteiger partial charge in [-0.15, -0.1) is 0 Å². The summed E-state index contributed by atoms with van der Waals surface area (Å²) in [5.41, 5.74) is 0.556. The Hall–Kier alpha value is -1.85. The summed E-state index contributed by atoms with van der Waals surface area (Å²) in [5.74, 6) is -0.151. The molecule has 1 amide bonds. The van der Waals surface area contributed by atoms with E-state index in [9.17, 15) is 4.79 Å². The van der Waals surface area contributed by atoms with E-state index in [1.165, 1.54) is 4.90 Å². The normalized spacial score (nSPS) is 9.28. The van der Waals surface area contributed by atoms with E-state index in [2.05, 4.69) is 15.9 Å². The van der Waals surface area contributed by atoms with E-state index in [0.29, 0.717) is 18.7 Å². The molecule has 1 aromatic rings. The van der Waals surface area contributed by atoms with Crippen LogP contribution in [0.1, 0.15) is 23.2 Å². The maximum atomic E-state index is 12.2. The van der Waals surface area contributed by atoms with E-state index in [1.54, 1.807) is 18.2 Å². The van der Waals surface area contributed by atoms with E-state index in [4.69, 9.17) is 10.5 Å². The summed E-state index contributed by atoms with van der Waals surface area (Å²) < 4.78 is 0.828. The Labute approximate surface area is 115 Å². The first kappa shape index (κ1) is 14.2. The number of nitrogens with zero attached hydrogens (tertiary/aromatic N) is 3. The molecular weight excluding hydrogens is 294 g/mol. The van der Waals surface area contributed by atoms with Crippen molar-refractivity contribution in [2.45, 2.75) is 12.8 Å². The summed E-state index contributed by atoms with van der Waals surface area (Å²) in [7, 11) is 0. The van der Waals surface area contributed by atoms with E-state index < -0.39 is 0 Å². The van der Waals surface area contributed by atoms with Crippen LogP contribution in [0.2, 0.25) is 0 Å². The third-order valence-electron chi connectivity index (χ3n) is 2.35. The molecule has 1 aromatic carbocycles. The predicted molar refractivity (Wildman–Crippen MR) is 70.5 cm³/mol. The van der Waals surface area contributed by atoms with Gasteiger partial charge in [-0.05, 0) is 18.2 Å². The Morgan fingerprint density at radius 1 is 1.22 bits per heavy atom. The number of halogens is 1. The summed E-state index contributed by atoms with van der Waals surface area (Å²) in [6.45, 7) is 0.701. The Balaban J connectivity index is 2.81. The second kappa shape index (κ2) is 7.47. The Bertz CT molecular complexity index is 484. The summed E-state index contributed by atoms with van der Waals surface area (Å²) in [5, 5.41) is 17.2. The number of amides is 1. The second-order valence-corrected chi connectivity index (χ2v) is 4.53. The molecule has 0 atom stereocenters. The number of hydrogen-bond acceptors (Lipinski definition) is 3. The second-order valence-electron chi connectivity index (χ2n) is 3.62. The van der Waals surface area contributed by atoms with Gasteiger partial charge in [-0.2, -0.15) is 10.5 Å². The molecule has 0 spiro atoms. The van der Waals surface area contributed by atoms with E-state index in [1.807, 2.05) is 18.2 Å². The third-order valence-corrected chi connectivity index (χ3v) is 2.84. The van der Waals surface area contributed by atoms with Gasteiger partial charge in [0.15, 0.2) is 0 Å². The standard InChI is InChI=1S/C13H12BrN3O/c14-12-5-1-4-11(10-12)13(18)17(8-2-6-15)9-3-7-16/h1,4-5,10H,2-3,8-9H2. The first-order valence-corrected chi connectivity index (χ1v) is 6.27. The molecule has 0 heterocycles. The van der Waals surface area contributed by atoms with Crippen LogP contribution in [0.3, 0.4) is 0 Å². The topological polar surface area (TPSA) is 67.9 Å². The maximum Gasteiger partial charge on any atom is 0.253 e. The molecule has 0 bridgehead atoms. The molecule has 0 saturated heterocycles. The molecular formula is C13H12BrN3O. The minimum absolute atomic E-state index is 0.151. The van der Waals surface area contributed by atoms with Crippen molar-refractivity contribution in [2.75, 3.05) is 13.1 Å². The van der Waals surface area contributed by atoms with Crippen LogP contribution >= 0.6 is 15.9 Å². The number of benzene rings is 1. The molecule has 0 unspecified atom stereocenters. The molecule has 0 aliphatic rings. The van der Waals surface area contributed by atoms with Gasteiger partial charge < -0.3 is 4.90 Å². The molecule has 0 aliphatic heterocycles. The number of carbonyl (C=O) groups excluding carboxylic acids is 1. The Kier molecular flexibility index (Phi) is 5.90. The minimum Gasteiger partial charge on any atom is -0.337 e. The highest BCUT2D eigenvalue weighted by Gasteiger charge is 2.15. The monoisotopic (exact) mass is 305 g/mol. The number of rotatable bonds is 5. The van der Waals surface area contributed by atoms with Crippen molar-refractivity contribution in [2.24, 2.45) is 0 Å². The molecule has 0 fully saturated rings. The molecule has 1 rings (SSSR count). The highest BCUT2D eigenvalue weighted by molar-refractivity contribution is 9.10. The molecule has 5 heteroatoms. The largest absolute Gasteiger partial charge is 0.337 e. The van der Waals surface area contributed by atoms with Gasteiger partial charge in [0.2, 0.25) is 0 Å². The van der Waals surface area contributed by atoms with Crippen molar-refractivity contribution >= 4 is 21.8 Å². The van der Waals surface area contributed by atoms with Gasteiger partial charge in [-0.25, -0.2) is 0 Å². The Morgan fingerprint density at radius 3 is 2.33 bits per heavy atom. The zero-order valence-electron chi connectivity index (χ0n) is 9.77. The van der Waals surface area contributed by atoms with E-state index in [0.717, 1.165) is 4.47 Å². The first-order valence-electron chi connectivity index (χ1n) is 5.47. The van der Waals surface area contributed by atoms with Crippen molar-refractivity contribution in [3.8, 4) is 12.1 Å². The minimum atomic E-state index is -0.151. The zero-order valence-corrected chi connectivity index (χ0v) is 11.4. The summed E-state index contributed by atoms with van der Waals surface area (Å²) in [6.07, 6.45) is 0.538. The molecule has 0 N–H and O–H groups in total. The fourth-order valence-electron chi connectivity index (χ4n) is 1.49. The molecule has 0 aliphatic carbocycles. The Morgan fingerprint density at radius 2 is 1.83 bits per heavy atom. The SMILES string of the molecule is N#CCCN(CCC#N)C(=O)c1cccc(Br)c1. The van der Waals surface area contributed by atoms with E-state index >= 15 is 0 Å². The van der Waals surface area contributed by atoms with Gasteiger partial charge in [0, 0.05) is 23.1 Å². The quantitative estimate of drug-likeness (QED) is 0.840. The van der Waals surface area contributed by atoms with Gasteiger partial charge in [0.1, 0.15) is 0 Å². The van der Waals surface area contributed by atoms with Crippen LogP contribution in [-0.2, 0) is 0 Å². The lowest BCUT2D eigenvalue weighted by atomic mass is 10.2. The van der Waals surface area contributed by atoms with Crippen molar-refractivity contribution in [1.82, 2.24) is 4.90 Å². The van der Waals surface area contributed by atoms with Crippen LogP contribution in [0.25, 0.3) is 0 Å². The van der Waals surface area contributed by atoms with Crippen LogP contribution in [0.15, 0.2) is 28.7 Å². The van der Waals surface area contributed by atoms with Gasteiger partial charge in [-0.1, -0.05) is 22.0 Å². The average molecular weight is 306 g/mol. The number of hydrogen-bond donors (Lipinski definition) is 0. The summed E-state index contributed by atoms with van der Waals surface area (Å²) in [6, 6.07) is 11.1. The maximum absolute atomic E-state index is 12.2. The fourth-order valence-corrected chi connectivity index (χ4v) is 1.89. The lowest BCUT2D eigenvalue weighted by Gasteiger charge is -2.20. The molecule has 0 saturated carbocycles. The molecule has 4 nitrogen and oxygen atoms in total. The third kappa shape index (κ3) is 4.20. The van der Waals surface area contributed by atoms with Crippen molar-refractivity contribution in [1.29, 1.82) is 10.5 Å². The van der Waals surface area contributed by atoms with E-state index in [-0.39, 0.29) is 18.7 Å². The molecule has 0 radical (unpaired) electrons. The van der Waals surface area contributed by atoms with Gasteiger partial charge >= 0.3 is 0 Å². The average Bonchev–Trinajstić information content (AvgIpc) is 2.38. The van der Waals surface area contributed by atoms with Crippen LogP contribution in [0.4, 0.5) is 0 Å². The first-order chi connectivity index (χ1) is 8.69. The van der Waals surface area contributed by atoms with Gasteiger partial charge in [-0.3, -0.25) is 4.79 Å². The zero-order chi connectivity index (χ0) is 13.4. The number of carbonyl (C=O) groups is 1. The van der Waals surface area contributed by atoms with Crippen LogP contribution in [0, 0.1) is 22.7 Å². The van der Waals surface area contributed by atoms with Crippen molar-refractivity contribution in [3.63, 3.8) is 0 Å². The van der Waals surface area contributed by atoms with Crippen LogP contribution < -0.4 is 0 Å². The molecule has 0 aromatic heterocycles. The lowest BCUT2D eigenvalue weighted by Crippen LogP contribution is -2.32.